The Hall–Kier alpha value is -1.82. The summed E-state index contributed by atoms with van der Waals surface area (Å²) in [5.41, 5.74) is 0. The first-order valence-corrected chi connectivity index (χ1v) is 8.52. The van der Waals surface area contributed by atoms with Gasteiger partial charge in [-0.15, -0.1) is 0 Å². The molecule has 0 saturated heterocycles. The van der Waals surface area contributed by atoms with Crippen LogP contribution in [0.1, 0.15) is 51.9 Å². The van der Waals surface area contributed by atoms with Gasteiger partial charge in [0.25, 0.3) is 0 Å². The van der Waals surface area contributed by atoms with Crippen molar-refractivity contribution in [1.29, 1.82) is 0 Å². The monoisotopic (exact) mass is 296 g/mol. The van der Waals surface area contributed by atoms with Crippen LogP contribution >= 0.6 is 0 Å². The second-order valence-electron chi connectivity index (χ2n) is 5.14. The van der Waals surface area contributed by atoms with Crippen LogP contribution in [0.2, 0.25) is 0 Å². The lowest BCUT2D eigenvalue weighted by Gasteiger charge is -1.97. The maximum absolute atomic E-state index is 3.61. The minimum Gasteiger partial charge on any atom is -0.0991 e. The highest BCUT2D eigenvalue weighted by molar-refractivity contribution is 5.20. The molecule has 0 amide bonds. The molecule has 0 rings (SSSR count). The van der Waals surface area contributed by atoms with Crippen molar-refractivity contribution < 1.29 is 0 Å². The van der Waals surface area contributed by atoms with Crippen molar-refractivity contribution in [2.45, 2.75) is 51.9 Å². The van der Waals surface area contributed by atoms with E-state index in [1.54, 1.807) is 6.08 Å². The van der Waals surface area contributed by atoms with Crippen LogP contribution < -0.4 is 0 Å². The van der Waals surface area contributed by atoms with Crippen molar-refractivity contribution in [1.82, 2.24) is 0 Å². The summed E-state index contributed by atoms with van der Waals surface area (Å²) >= 11 is 0. The highest BCUT2D eigenvalue weighted by Crippen LogP contribution is 2.07. The van der Waals surface area contributed by atoms with Crippen molar-refractivity contribution in [2.24, 2.45) is 0 Å². The van der Waals surface area contributed by atoms with Crippen LogP contribution in [0.4, 0.5) is 0 Å². The van der Waals surface area contributed by atoms with E-state index in [4.69, 9.17) is 0 Å². The molecule has 0 unspecified atom stereocenters. The second-order valence-corrected chi connectivity index (χ2v) is 5.14. The van der Waals surface area contributed by atoms with E-state index in [9.17, 15) is 0 Å². The van der Waals surface area contributed by atoms with Crippen molar-refractivity contribution >= 4 is 0 Å². The molecule has 0 aliphatic rings. The van der Waals surface area contributed by atoms with Crippen molar-refractivity contribution in [2.75, 3.05) is 0 Å². The summed E-state index contributed by atoms with van der Waals surface area (Å²) in [7, 11) is 0. The largest absolute Gasteiger partial charge is 0.0991 e. The third-order valence-electron chi connectivity index (χ3n) is 3.11. The molecule has 0 fully saturated rings. The second kappa shape index (κ2) is 19.2. The van der Waals surface area contributed by atoms with Gasteiger partial charge in [0.15, 0.2) is 0 Å². The van der Waals surface area contributed by atoms with Gasteiger partial charge in [0.05, 0.1) is 0 Å². The highest BCUT2D eigenvalue weighted by atomic mass is 13.9. The Morgan fingerprint density at radius 1 is 0.545 bits per heavy atom. The number of rotatable bonds is 13. The Morgan fingerprint density at radius 3 is 1.55 bits per heavy atom. The molecule has 0 spiro atoms. The molecule has 0 saturated carbocycles. The van der Waals surface area contributed by atoms with Gasteiger partial charge in [0.1, 0.15) is 0 Å². The zero-order chi connectivity index (χ0) is 16.1. The zero-order valence-corrected chi connectivity index (χ0v) is 14.2. The van der Waals surface area contributed by atoms with Gasteiger partial charge < -0.3 is 0 Å². The fourth-order valence-electron chi connectivity index (χ4n) is 1.87. The SMILES string of the molecule is C=C/C=C/C=C/C=C/C=C/C=C/C=C/CCCCCCCC. The van der Waals surface area contributed by atoms with Crippen molar-refractivity contribution in [3.8, 4) is 0 Å². The summed E-state index contributed by atoms with van der Waals surface area (Å²) in [4.78, 5) is 0. The van der Waals surface area contributed by atoms with Gasteiger partial charge in [-0.05, 0) is 12.8 Å². The summed E-state index contributed by atoms with van der Waals surface area (Å²) in [5.74, 6) is 0. The van der Waals surface area contributed by atoms with Crippen LogP contribution in [0.25, 0.3) is 0 Å². The lowest BCUT2D eigenvalue weighted by molar-refractivity contribution is 0.611. The van der Waals surface area contributed by atoms with Crippen LogP contribution in [-0.2, 0) is 0 Å². The van der Waals surface area contributed by atoms with Crippen LogP contribution in [0.15, 0.2) is 85.6 Å². The Balaban J connectivity index is 3.55. The molecule has 22 heavy (non-hydrogen) atoms. The predicted octanol–water partition coefficient (Wildman–Crippen LogP) is 7.26. The summed E-state index contributed by atoms with van der Waals surface area (Å²) in [6, 6.07) is 0. The molecule has 0 aliphatic heterocycles. The van der Waals surface area contributed by atoms with E-state index in [-0.39, 0.29) is 0 Å². The molecule has 0 atom stereocenters. The van der Waals surface area contributed by atoms with Crippen molar-refractivity contribution in [3.63, 3.8) is 0 Å². The fraction of sp³-hybridized carbons (Fsp3) is 0.364. The smallest absolute Gasteiger partial charge is 0.0348 e. The van der Waals surface area contributed by atoms with Crippen molar-refractivity contribution in [3.05, 3.63) is 85.6 Å². The molecule has 120 valence electrons. The van der Waals surface area contributed by atoms with Gasteiger partial charge in [-0.2, -0.15) is 0 Å². The van der Waals surface area contributed by atoms with Gasteiger partial charge >= 0.3 is 0 Å². The molecule has 0 radical (unpaired) electrons. The molecule has 0 aliphatic carbocycles. The lowest BCUT2D eigenvalue weighted by atomic mass is 10.1. The average molecular weight is 296 g/mol. The molecule has 0 N–H and O–H groups in total. The third kappa shape index (κ3) is 18.2. The van der Waals surface area contributed by atoms with Crippen LogP contribution in [0.5, 0.6) is 0 Å². The number of hydrogen-bond donors (Lipinski definition) is 0. The summed E-state index contributed by atoms with van der Waals surface area (Å²) < 4.78 is 0. The van der Waals surface area contributed by atoms with Gasteiger partial charge in [-0.25, -0.2) is 0 Å². The van der Waals surface area contributed by atoms with E-state index >= 15 is 0 Å². The molecular weight excluding hydrogens is 264 g/mol. The van der Waals surface area contributed by atoms with E-state index in [0.29, 0.717) is 0 Å². The molecular formula is C22H32. The van der Waals surface area contributed by atoms with E-state index in [0.717, 1.165) is 0 Å². The molecule has 0 aromatic heterocycles. The lowest BCUT2D eigenvalue weighted by Crippen LogP contribution is -1.77. The highest BCUT2D eigenvalue weighted by Gasteiger charge is 1.87. The number of allylic oxidation sites excluding steroid dienone is 13. The van der Waals surface area contributed by atoms with Crippen LogP contribution in [0, 0.1) is 0 Å². The third-order valence-corrected chi connectivity index (χ3v) is 3.11. The topological polar surface area (TPSA) is 0 Å². The Morgan fingerprint density at radius 2 is 1.00 bits per heavy atom. The summed E-state index contributed by atoms with van der Waals surface area (Å²) in [6.07, 6.45) is 35.6. The van der Waals surface area contributed by atoms with E-state index in [1.807, 2.05) is 48.6 Å². The fourth-order valence-corrected chi connectivity index (χ4v) is 1.87. The van der Waals surface area contributed by atoms with E-state index < -0.39 is 0 Å². The first-order chi connectivity index (χ1) is 10.9. The molecule has 0 bridgehead atoms. The van der Waals surface area contributed by atoms with Gasteiger partial charge in [0, 0.05) is 0 Å². The van der Waals surface area contributed by atoms with Gasteiger partial charge in [0.2, 0.25) is 0 Å². The first kappa shape index (κ1) is 20.2. The summed E-state index contributed by atoms with van der Waals surface area (Å²) in [6.45, 7) is 5.87. The Kier molecular flexibility index (Phi) is 17.6. The van der Waals surface area contributed by atoms with E-state index in [1.165, 1.54) is 44.9 Å². The number of unbranched alkanes of at least 4 members (excludes halogenated alkanes) is 6. The molecule has 0 heteroatoms. The molecule has 0 nitrogen and oxygen atoms in total. The normalized spacial score (nSPS) is 13.1. The maximum atomic E-state index is 3.61. The predicted molar refractivity (Wildman–Crippen MR) is 103 cm³/mol. The minimum absolute atomic E-state index is 1.20. The van der Waals surface area contributed by atoms with Gasteiger partial charge in [-0.3, -0.25) is 0 Å². The Labute approximate surface area is 138 Å². The molecule has 0 heterocycles. The van der Waals surface area contributed by atoms with Crippen LogP contribution in [0.3, 0.4) is 0 Å². The average Bonchev–Trinajstić information content (AvgIpc) is 2.54. The van der Waals surface area contributed by atoms with Crippen LogP contribution in [-0.4, -0.2) is 0 Å². The summed E-state index contributed by atoms with van der Waals surface area (Å²) in [5, 5.41) is 0. The Bertz CT molecular complexity index is 400. The first-order valence-electron chi connectivity index (χ1n) is 8.52. The standard InChI is InChI=1S/C22H32/c1-3-5-7-9-11-13-15-17-19-21-22-20-18-16-14-12-10-8-6-4-2/h3,5,7,9,11,13,15,17-22H,1,4,6,8,10,12,14,16H2,2H3/b7-5+,11-9+,15-13+,19-17+,20-18+,22-21+. The van der Waals surface area contributed by atoms with Gasteiger partial charge in [-0.1, -0.05) is 125 Å². The molecule has 0 aromatic carbocycles. The maximum Gasteiger partial charge on any atom is -0.0348 e. The number of hydrogen-bond acceptors (Lipinski definition) is 0. The van der Waals surface area contributed by atoms with E-state index in [2.05, 4.69) is 37.8 Å². The quantitative estimate of drug-likeness (QED) is 0.248. The zero-order valence-electron chi connectivity index (χ0n) is 14.2. The molecule has 0 aromatic rings. The minimum atomic E-state index is 1.20.